The zero-order valence-electron chi connectivity index (χ0n) is 12.5. The van der Waals surface area contributed by atoms with Crippen molar-refractivity contribution in [3.05, 3.63) is 24.3 Å². The van der Waals surface area contributed by atoms with E-state index < -0.39 is 0 Å². The Morgan fingerprint density at radius 1 is 1.19 bits per heavy atom. The first-order valence-corrected chi connectivity index (χ1v) is 8.10. The summed E-state index contributed by atoms with van der Waals surface area (Å²) in [4.78, 5) is 22.4. The van der Waals surface area contributed by atoms with Gasteiger partial charge in [-0.2, -0.15) is 0 Å². The van der Waals surface area contributed by atoms with Crippen molar-refractivity contribution in [1.29, 1.82) is 0 Å². The molecule has 2 heterocycles. The van der Waals surface area contributed by atoms with Gasteiger partial charge in [0.1, 0.15) is 6.33 Å². The molecule has 1 N–H and O–H groups in total. The molecule has 5 heteroatoms. The van der Waals surface area contributed by atoms with Gasteiger partial charge in [0.25, 0.3) is 5.91 Å². The molecule has 1 aromatic heterocycles. The van der Waals surface area contributed by atoms with Gasteiger partial charge in [-0.05, 0) is 31.7 Å². The number of hydrogen-bond donors (Lipinski definition) is 1. The number of carbonyl (C=O) groups is 1. The maximum atomic E-state index is 12.0. The SMILES string of the molecule is O=C(NCC1CCN(C2CCCCC2)C1)c1cncnc1. The molecule has 1 amide bonds. The van der Waals surface area contributed by atoms with Crippen molar-refractivity contribution in [2.24, 2.45) is 5.92 Å². The molecule has 1 aromatic rings. The molecule has 1 aliphatic carbocycles. The molecule has 0 spiro atoms. The Kier molecular flexibility index (Phi) is 4.80. The zero-order chi connectivity index (χ0) is 14.5. The number of rotatable bonds is 4. The van der Waals surface area contributed by atoms with Gasteiger partial charge in [0.05, 0.1) is 5.56 Å². The largest absolute Gasteiger partial charge is 0.352 e. The van der Waals surface area contributed by atoms with Gasteiger partial charge in [0, 0.05) is 31.5 Å². The van der Waals surface area contributed by atoms with E-state index in [1.807, 2.05) is 0 Å². The first-order valence-electron chi connectivity index (χ1n) is 8.10. The predicted molar refractivity (Wildman–Crippen MR) is 80.9 cm³/mol. The van der Waals surface area contributed by atoms with Crippen molar-refractivity contribution in [2.45, 2.75) is 44.6 Å². The maximum absolute atomic E-state index is 12.0. The minimum atomic E-state index is -0.0632. The Bertz CT molecular complexity index is 459. The van der Waals surface area contributed by atoms with Crippen molar-refractivity contribution in [1.82, 2.24) is 20.2 Å². The molecule has 1 saturated carbocycles. The van der Waals surface area contributed by atoms with E-state index in [-0.39, 0.29) is 5.91 Å². The summed E-state index contributed by atoms with van der Waals surface area (Å²) in [6, 6.07) is 0.793. The molecule has 0 bridgehead atoms. The van der Waals surface area contributed by atoms with Crippen LogP contribution in [0.15, 0.2) is 18.7 Å². The third kappa shape index (κ3) is 3.79. The van der Waals surface area contributed by atoms with E-state index in [2.05, 4.69) is 20.2 Å². The van der Waals surface area contributed by atoms with Crippen LogP contribution in [0, 0.1) is 5.92 Å². The molecule has 3 rings (SSSR count). The number of hydrogen-bond acceptors (Lipinski definition) is 4. The average molecular weight is 288 g/mol. The fourth-order valence-corrected chi connectivity index (χ4v) is 3.56. The van der Waals surface area contributed by atoms with Crippen LogP contribution < -0.4 is 5.32 Å². The van der Waals surface area contributed by atoms with E-state index >= 15 is 0 Å². The highest BCUT2D eigenvalue weighted by molar-refractivity contribution is 5.93. The lowest BCUT2D eigenvalue weighted by molar-refractivity contribution is 0.0945. The molecule has 1 atom stereocenters. The second-order valence-corrected chi connectivity index (χ2v) is 6.28. The smallest absolute Gasteiger partial charge is 0.254 e. The summed E-state index contributed by atoms with van der Waals surface area (Å²) >= 11 is 0. The molecule has 5 nitrogen and oxygen atoms in total. The monoisotopic (exact) mass is 288 g/mol. The van der Waals surface area contributed by atoms with E-state index in [0.29, 0.717) is 11.5 Å². The molecule has 2 fully saturated rings. The normalized spacial score (nSPS) is 24.1. The van der Waals surface area contributed by atoms with Crippen LogP contribution in [-0.2, 0) is 0 Å². The maximum Gasteiger partial charge on any atom is 0.254 e. The summed E-state index contributed by atoms with van der Waals surface area (Å²) in [5, 5.41) is 3.02. The van der Waals surface area contributed by atoms with E-state index in [1.165, 1.54) is 51.4 Å². The molecule has 1 saturated heterocycles. The van der Waals surface area contributed by atoms with Crippen LogP contribution in [0.2, 0.25) is 0 Å². The Morgan fingerprint density at radius 3 is 2.71 bits per heavy atom. The first-order chi connectivity index (χ1) is 10.3. The second-order valence-electron chi connectivity index (χ2n) is 6.28. The molecule has 1 aliphatic heterocycles. The van der Waals surface area contributed by atoms with E-state index in [0.717, 1.165) is 19.1 Å². The van der Waals surface area contributed by atoms with Gasteiger partial charge in [-0.15, -0.1) is 0 Å². The Balaban J connectivity index is 1.43. The van der Waals surface area contributed by atoms with Gasteiger partial charge in [0.2, 0.25) is 0 Å². The Labute approximate surface area is 126 Å². The van der Waals surface area contributed by atoms with Gasteiger partial charge in [-0.1, -0.05) is 19.3 Å². The fraction of sp³-hybridized carbons (Fsp3) is 0.688. The average Bonchev–Trinajstić information content (AvgIpc) is 3.03. The third-order valence-electron chi connectivity index (χ3n) is 4.78. The van der Waals surface area contributed by atoms with Gasteiger partial charge < -0.3 is 10.2 Å². The second kappa shape index (κ2) is 6.98. The van der Waals surface area contributed by atoms with Crippen LogP contribution in [0.1, 0.15) is 48.9 Å². The lowest BCUT2D eigenvalue weighted by atomic mass is 9.94. The number of likely N-dealkylation sites (tertiary alicyclic amines) is 1. The van der Waals surface area contributed by atoms with Crippen LogP contribution in [0.3, 0.4) is 0 Å². The molecule has 1 unspecified atom stereocenters. The van der Waals surface area contributed by atoms with Crippen LogP contribution in [-0.4, -0.2) is 46.5 Å². The molecule has 114 valence electrons. The van der Waals surface area contributed by atoms with Gasteiger partial charge >= 0.3 is 0 Å². The zero-order valence-corrected chi connectivity index (χ0v) is 12.5. The minimum absolute atomic E-state index is 0.0632. The van der Waals surface area contributed by atoms with Gasteiger partial charge in [-0.3, -0.25) is 4.79 Å². The van der Waals surface area contributed by atoms with Crippen LogP contribution in [0.25, 0.3) is 0 Å². The van der Waals surface area contributed by atoms with Gasteiger partial charge in [-0.25, -0.2) is 9.97 Å². The molecule has 0 aromatic carbocycles. The fourth-order valence-electron chi connectivity index (χ4n) is 3.56. The number of nitrogens with one attached hydrogen (secondary N) is 1. The van der Waals surface area contributed by atoms with Crippen molar-refractivity contribution in [3.63, 3.8) is 0 Å². The predicted octanol–water partition coefficient (Wildman–Crippen LogP) is 1.86. The van der Waals surface area contributed by atoms with Crippen LogP contribution in [0.4, 0.5) is 0 Å². The Morgan fingerprint density at radius 2 is 1.95 bits per heavy atom. The topological polar surface area (TPSA) is 58.1 Å². The van der Waals surface area contributed by atoms with Crippen molar-refractivity contribution in [3.8, 4) is 0 Å². The summed E-state index contributed by atoms with van der Waals surface area (Å²) in [5.74, 6) is 0.521. The summed E-state index contributed by atoms with van der Waals surface area (Å²) in [7, 11) is 0. The van der Waals surface area contributed by atoms with Gasteiger partial charge in [0.15, 0.2) is 0 Å². The standard InChI is InChI=1S/C16H24N4O/c21-16(14-9-17-12-18-10-14)19-8-13-6-7-20(11-13)15-4-2-1-3-5-15/h9-10,12-13,15H,1-8,11H2,(H,19,21). The summed E-state index contributed by atoms with van der Waals surface area (Å²) in [6.07, 6.45) is 12.7. The van der Waals surface area contributed by atoms with E-state index in [9.17, 15) is 4.79 Å². The third-order valence-corrected chi connectivity index (χ3v) is 4.78. The number of carbonyl (C=O) groups excluding carboxylic acids is 1. The molecular weight excluding hydrogens is 264 g/mol. The van der Waals surface area contributed by atoms with Crippen LogP contribution in [0.5, 0.6) is 0 Å². The molecule has 21 heavy (non-hydrogen) atoms. The highest BCUT2D eigenvalue weighted by Crippen LogP contribution is 2.27. The van der Waals surface area contributed by atoms with Crippen molar-refractivity contribution in [2.75, 3.05) is 19.6 Å². The number of aromatic nitrogens is 2. The first kappa shape index (κ1) is 14.4. The number of amides is 1. The van der Waals surface area contributed by atoms with Crippen molar-refractivity contribution >= 4 is 5.91 Å². The lowest BCUT2D eigenvalue weighted by Crippen LogP contribution is -2.36. The summed E-state index contributed by atoms with van der Waals surface area (Å²) in [6.45, 7) is 3.09. The Hall–Kier alpha value is -1.49. The molecular formula is C16H24N4O. The highest BCUT2D eigenvalue weighted by atomic mass is 16.1. The van der Waals surface area contributed by atoms with Crippen molar-refractivity contribution < 1.29 is 4.79 Å². The summed E-state index contributed by atoms with van der Waals surface area (Å²) < 4.78 is 0. The minimum Gasteiger partial charge on any atom is -0.352 e. The highest BCUT2D eigenvalue weighted by Gasteiger charge is 2.29. The van der Waals surface area contributed by atoms with E-state index in [4.69, 9.17) is 0 Å². The molecule has 2 aliphatic rings. The lowest BCUT2D eigenvalue weighted by Gasteiger charge is -2.31. The molecule has 0 radical (unpaired) electrons. The number of nitrogens with zero attached hydrogens (tertiary/aromatic N) is 3. The summed E-state index contributed by atoms with van der Waals surface area (Å²) in [5.41, 5.74) is 0.541. The van der Waals surface area contributed by atoms with Crippen LogP contribution >= 0.6 is 0 Å². The quantitative estimate of drug-likeness (QED) is 0.919. The van der Waals surface area contributed by atoms with E-state index in [1.54, 1.807) is 12.4 Å².